The van der Waals surface area contributed by atoms with E-state index in [-0.39, 0.29) is 0 Å². The number of anilines is 2. The monoisotopic (exact) mass is 296 g/mol. The lowest BCUT2D eigenvalue weighted by Gasteiger charge is -2.15. The molecule has 2 rings (SSSR count). The van der Waals surface area contributed by atoms with Crippen LogP contribution in [0.2, 0.25) is 0 Å². The minimum atomic E-state index is 0.437. The van der Waals surface area contributed by atoms with Crippen molar-refractivity contribution in [1.29, 1.82) is 0 Å². The normalized spacial score (nSPS) is 21.9. The van der Waals surface area contributed by atoms with Gasteiger partial charge in [-0.05, 0) is 32.4 Å². The maximum absolute atomic E-state index is 5.14. The summed E-state index contributed by atoms with van der Waals surface area (Å²) in [4.78, 5) is 8.95. The smallest absolute Gasteiger partial charge is 0.158 e. The quantitative estimate of drug-likeness (QED) is 0.807. The van der Waals surface area contributed by atoms with Gasteiger partial charge in [-0.25, -0.2) is 9.97 Å². The molecule has 1 aliphatic carbocycles. The Labute approximate surface area is 125 Å². The van der Waals surface area contributed by atoms with Crippen molar-refractivity contribution in [2.24, 2.45) is 0 Å². The second kappa shape index (κ2) is 7.69. The van der Waals surface area contributed by atoms with Crippen molar-refractivity contribution in [1.82, 2.24) is 9.97 Å². The van der Waals surface area contributed by atoms with Crippen molar-refractivity contribution >= 4 is 23.4 Å². The summed E-state index contributed by atoms with van der Waals surface area (Å²) in [7, 11) is 1.66. The van der Waals surface area contributed by atoms with E-state index in [4.69, 9.17) is 4.74 Å². The molecule has 1 aromatic rings. The number of methoxy groups -OCH3 is 1. The van der Waals surface area contributed by atoms with Crippen molar-refractivity contribution in [3.05, 3.63) is 11.9 Å². The first-order valence-electron chi connectivity index (χ1n) is 7.15. The SMILES string of the molecule is CCNc1cc(NC2CCC(SC)C2)nc(COC)n1. The Morgan fingerprint density at radius 1 is 1.35 bits per heavy atom. The topological polar surface area (TPSA) is 59.1 Å². The maximum atomic E-state index is 5.14. The molecule has 20 heavy (non-hydrogen) atoms. The summed E-state index contributed by atoms with van der Waals surface area (Å²) in [5, 5.41) is 7.56. The number of nitrogens with one attached hydrogen (secondary N) is 2. The number of thioether (sulfide) groups is 1. The van der Waals surface area contributed by atoms with Gasteiger partial charge in [-0.15, -0.1) is 0 Å². The van der Waals surface area contributed by atoms with E-state index in [1.807, 2.05) is 17.8 Å². The summed E-state index contributed by atoms with van der Waals surface area (Å²) in [5.74, 6) is 2.47. The van der Waals surface area contributed by atoms with Gasteiger partial charge in [-0.2, -0.15) is 11.8 Å². The van der Waals surface area contributed by atoms with E-state index < -0.39 is 0 Å². The van der Waals surface area contributed by atoms with E-state index >= 15 is 0 Å². The van der Waals surface area contributed by atoms with Gasteiger partial charge in [0.15, 0.2) is 5.82 Å². The van der Waals surface area contributed by atoms with E-state index in [9.17, 15) is 0 Å². The van der Waals surface area contributed by atoms with Crippen LogP contribution in [0.4, 0.5) is 11.6 Å². The van der Waals surface area contributed by atoms with Crippen LogP contribution in [0.1, 0.15) is 32.0 Å². The molecule has 0 radical (unpaired) electrons. The number of aromatic nitrogens is 2. The predicted octanol–water partition coefficient (Wildman–Crippen LogP) is 2.75. The fourth-order valence-electron chi connectivity index (χ4n) is 2.53. The van der Waals surface area contributed by atoms with E-state index in [1.165, 1.54) is 19.3 Å². The van der Waals surface area contributed by atoms with Gasteiger partial charge in [0.25, 0.3) is 0 Å². The predicted molar refractivity (Wildman–Crippen MR) is 85.5 cm³/mol. The summed E-state index contributed by atoms with van der Waals surface area (Å²) in [6, 6.07) is 2.50. The zero-order valence-corrected chi connectivity index (χ0v) is 13.3. The molecule has 1 fully saturated rings. The van der Waals surface area contributed by atoms with Gasteiger partial charge in [0, 0.05) is 31.0 Å². The minimum absolute atomic E-state index is 0.437. The molecule has 2 unspecified atom stereocenters. The maximum Gasteiger partial charge on any atom is 0.158 e. The molecule has 1 heterocycles. The van der Waals surface area contributed by atoms with Crippen molar-refractivity contribution < 1.29 is 4.74 Å². The Kier molecular flexibility index (Phi) is 5.91. The highest BCUT2D eigenvalue weighted by Crippen LogP contribution is 2.30. The first kappa shape index (κ1) is 15.4. The molecule has 1 saturated carbocycles. The van der Waals surface area contributed by atoms with Crippen LogP contribution < -0.4 is 10.6 Å². The number of hydrogen-bond acceptors (Lipinski definition) is 6. The van der Waals surface area contributed by atoms with Crippen LogP contribution in [-0.2, 0) is 11.3 Å². The molecular weight excluding hydrogens is 272 g/mol. The van der Waals surface area contributed by atoms with Crippen LogP contribution in [-0.4, -0.2) is 41.2 Å². The molecule has 0 aromatic carbocycles. The van der Waals surface area contributed by atoms with Crippen LogP contribution in [0.5, 0.6) is 0 Å². The minimum Gasteiger partial charge on any atom is -0.377 e. The van der Waals surface area contributed by atoms with Gasteiger partial charge in [-0.1, -0.05) is 0 Å². The zero-order chi connectivity index (χ0) is 14.4. The Morgan fingerprint density at radius 2 is 2.15 bits per heavy atom. The molecule has 0 spiro atoms. The second-order valence-electron chi connectivity index (χ2n) is 5.03. The molecule has 6 heteroatoms. The third kappa shape index (κ3) is 4.24. The molecule has 0 bridgehead atoms. The molecule has 112 valence electrons. The third-order valence-corrected chi connectivity index (χ3v) is 4.57. The third-order valence-electron chi connectivity index (χ3n) is 3.47. The average molecular weight is 296 g/mol. The molecule has 1 aliphatic rings. The van der Waals surface area contributed by atoms with Crippen molar-refractivity contribution in [2.75, 3.05) is 30.5 Å². The summed E-state index contributed by atoms with van der Waals surface area (Å²) < 4.78 is 5.14. The summed E-state index contributed by atoms with van der Waals surface area (Å²) in [5.41, 5.74) is 0. The van der Waals surface area contributed by atoms with Crippen LogP contribution in [0.3, 0.4) is 0 Å². The molecular formula is C14H24N4OS. The lowest BCUT2D eigenvalue weighted by molar-refractivity contribution is 0.178. The highest BCUT2D eigenvalue weighted by atomic mass is 32.2. The van der Waals surface area contributed by atoms with Crippen LogP contribution in [0.15, 0.2) is 6.07 Å². The number of hydrogen-bond donors (Lipinski definition) is 2. The largest absolute Gasteiger partial charge is 0.377 e. The molecule has 0 saturated heterocycles. The van der Waals surface area contributed by atoms with Crippen LogP contribution >= 0.6 is 11.8 Å². The van der Waals surface area contributed by atoms with Gasteiger partial charge in [0.1, 0.15) is 18.2 Å². The fraction of sp³-hybridized carbons (Fsp3) is 0.714. The van der Waals surface area contributed by atoms with Crippen molar-refractivity contribution in [3.8, 4) is 0 Å². The first-order chi connectivity index (χ1) is 9.75. The number of nitrogens with zero attached hydrogens (tertiary/aromatic N) is 2. The molecule has 2 atom stereocenters. The van der Waals surface area contributed by atoms with Crippen molar-refractivity contribution in [3.63, 3.8) is 0 Å². The molecule has 2 N–H and O–H groups in total. The molecule has 0 aliphatic heterocycles. The van der Waals surface area contributed by atoms with E-state index in [0.29, 0.717) is 18.5 Å². The van der Waals surface area contributed by atoms with E-state index in [0.717, 1.165) is 23.4 Å². The van der Waals surface area contributed by atoms with Crippen LogP contribution in [0.25, 0.3) is 0 Å². The zero-order valence-electron chi connectivity index (χ0n) is 12.5. The van der Waals surface area contributed by atoms with Gasteiger partial charge in [0.05, 0.1) is 0 Å². The molecule has 1 aromatic heterocycles. The number of rotatable bonds is 7. The summed E-state index contributed by atoms with van der Waals surface area (Å²) in [6.45, 7) is 3.35. The highest BCUT2D eigenvalue weighted by molar-refractivity contribution is 7.99. The van der Waals surface area contributed by atoms with E-state index in [2.05, 4.69) is 33.8 Å². The average Bonchev–Trinajstić information content (AvgIpc) is 2.87. The van der Waals surface area contributed by atoms with Crippen LogP contribution in [0, 0.1) is 0 Å². The standard InChI is InChI=1S/C14H24N4OS/c1-4-15-12-8-13(18-14(17-12)9-19-2)16-10-5-6-11(7-10)20-3/h8,10-11H,4-7,9H2,1-3H3,(H2,15,16,17,18). The van der Waals surface area contributed by atoms with Gasteiger partial charge in [-0.3, -0.25) is 0 Å². The van der Waals surface area contributed by atoms with E-state index in [1.54, 1.807) is 7.11 Å². The molecule has 5 nitrogen and oxygen atoms in total. The fourth-order valence-corrected chi connectivity index (χ4v) is 3.33. The number of ether oxygens (including phenoxy) is 1. The van der Waals surface area contributed by atoms with Gasteiger partial charge >= 0.3 is 0 Å². The Morgan fingerprint density at radius 3 is 2.80 bits per heavy atom. The Bertz CT molecular complexity index is 405. The first-order valence-corrected chi connectivity index (χ1v) is 8.44. The van der Waals surface area contributed by atoms with Gasteiger partial charge < -0.3 is 15.4 Å². The Hall–Kier alpha value is -1.01. The lowest BCUT2D eigenvalue weighted by atomic mass is 10.2. The highest BCUT2D eigenvalue weighted by Gasteiger charge is 2.24. The van der Waals surface area contributed by atoms with Gasteiger partial charge in [0.2, 0.25) is 0 Å². The lowest BCUT2D eigenvalue weighted by Crippen LogP contribution is -2.18. The summed E-state index contributed by atoms with van der Waals surface area (Å²) in [6.07, 6.45) is 5.90. The summed E-state index contributed by atoms with van der Waals surface area (Å²) >= 11 is 1.96. The second-order valence-corrected chi connectivity index (χ2v) is 6.17. The Balaban J connectivity index is 2.05. The molecule has 0 amide bonds. The van der Waals surface area contributed by atoms with Crippen molar-refractivity contribution in [2.45, 2.75) is 44.1 Å².